The molecule has 3 aromatic rings. The smallest absolute Gasteiger partial charge is 0.243 e. The highest BCUT2D eigenvalue weighted by Crippen LogP contribution is 2.23. The zero-order valence-corrected chi connectivity index (χ0v) is 16.3. The molecule has 1 amide bonds. The molecule has 6 nitrogen and oxygen atoms in total. The maximum absolute atomic E-state index is 12.5. The summed E-state index contributed by atoms with van der Waals surface area (Å²) in [4.78, 5) is 15.8. The van der Waals surface area contributed by atoms with E-state index in [1.165, 1.54) is 4.31 Å². The van der Waals surface area contributed by atoms with Crippen LogP contribution in [0.4, 0.5) is 5.69 Å². The van der Waals surface area contributed by atoms with Gasteiger partial charge in [0.15, 0.2) is 0 Å². The number of para-hydroxylation sites is 1. The number of anilines is 1. The highest BCUT2D eigenvalue weighted by molar-refractivity contribution is 7.89. The minimum Gasteiger partial charge on any atom is -0.361 e. The third kappa shape index (κ3) is 3.81. The summed E-state index contributed by atoms with van der Waals surface area (Å²) in [7, 11) is -3.43. The number of aromatic nitrogens is 1. The molecule has 1 aliphatic rings. The Morgan fingerprint density at radius 3 is 2.50 bits per heavy atom. The summed E-state index contributed by atoms with van der Waals surface area (Å²) in [5.41, 5.74) is 2.77. The van der Waals surface area contributed by atoms with Gasteiger partial charge in [-0.05, 0) is 55.2 Å². The summed E-state index contributed by atoms with van der Waals surface area (Å²) in [6, 6.07) is 14.4. The van der Waals surface area contributed by atoms with Crippen LogP contribution in [0, 0.1) is 0 Å². The second-order valence-electron chi connectivity index (χ2n) is 7.04. The quantitative estimate of drug-likeness (QED) is 0.668. The molecule has 1 aliphatic heterocycles. The third-order valence-electron chi connectivity index (χ3n) is 5.14. The lowest BCUT2D eigenvalue weighted by atomic mass is 10.1. The van der Waals surface area contributed by atoms with E-state index in [-0.39, 0.29) is 10.8 Å². The summed E-state index contributed by atoms with van der Waals surface area (Å²) >= 11 is 0. The average molecular weight is 398 g/mol. The van der Waals surface area contributed by atoms with E-state index in [0.717, 1.165) is 29.3 Å². The fourth-order valence-corrected chi connectivity index (χ4v) is 5.12. The number of aryl methyl sites for hydroxylation is 1. The van der Waals surface area contributed by atoms with Crippen molar-refractivity contribution in [2.45, 2.75) is 30.6 Å². The summed E-state index contributed by atoms with van der Waals surface area (Å²) in [5.74, 6) is -0.0968. The SMILES string of the molecule is O=C(CCc1c[nH]c2ccccc12)Nc1ccc(S(=O)(=O)N2CCCC2)cc1. The summed E-state index contributed by atoms with van der Waals surface area (Å²) in [6.07, 6.45) is 4.75. The topological polar surface area (TPSA) is 82.3 Å². The van der Waals surface area contributed by atoms with Crippen molar-refractivity contribution in [3.8, 4) is 0 Å². The van der Waals surface area contributed by atoms with Crippen molar-refractivity contribution in [3.05, 3.63) is 60.3 Å². The van der Waals surface area contributed by atoms with Gasteiger partial charge in [0.25, 0.3) is 0 Å². The number of H-pyrrole nitrogens is 1. The van der Waals surface area contributed by atoms with Crippen molar-refractivity contribution in [1.29, 1.82) is 0 Å². The molecule has 0 radical (unpaired) electrons. The van der Waals surface area contributed by atoms with Crippen molar-refractivity contribution >= 4 is 32.5 Å². The molecule has 0 atom stereocenters. The molecular formula is C21H23N3O3S. The maximum Gasteiger partial charge on any atom is 0.243 e. The lowest BCUT2D eigenvalue weighted by Gasteiger charge is -2.15. The van der Waals surface area contributed by atoms with Crippen molar-refractivity contribution in [1.82, 2.24) is 9.29 Å². The molecule has 0 bridgehead atoms. The number of hydrogen-bond acceptors (Lipinski definition) is 3. The lowest BCUT2D eigenvalue weighted by Crippen LogP contribution is -2.27. The van der Waals surface area contributed by atoms with Gasteiger partial charge in [-0.25, -0.2) is 8.42 Å². The number of sulfonamides is 1. The second-order valence-corrected chi connectivity index (χ2v) is 8.98. The van der Waals surface area contributed by atoms with Crippen LogP contribution in [0.5, 0.6) is 0 Å². The van der Waals surface area contributed by atoms with E-state index in [9.17, 15) is 13.2 Å². The molecule has 146 valence electrons. The lowest BCUT2D eigenvalue weighted by molar-refractivity contribution is -0.116. The maximum atomic E-state index is 12.5. The number of hydrogen-bond donors (Lipinski definition) is 2. The van der Waals surface area contributed by atoms with Crippen LogP contribution in [0.15, 0.2) is 59.6 Å². The Kier molecular flexibility index (Phi) is 5.19. The molecule has 28 heavy (non-hydrogen) atoms. The molecule has 0 spiro atoms. The zero-order valence-electron chi connectivity index (χ0n) is 15.5. The molecule has 0 aliphatic carbocycles. The van der Waals surface area contributed by atoms with E-state index in [0.29, 0.717) is 31.6 Å². The van der Waals surface area contributed by atoms with E-state index in [1.54, 1.807) is 24.3 Å². The van der Waals surface area contributed by atoms with Crippen LogP contribution in [-0.4, -0.2) is 36.7 Å². The summed E-state index contributed by atoms with van der Waals surface area (Å²) in [6.45, 7) is 1.16. The van der Waals surface area contributed by atoms with Gasteiger partial charge in [0.05, 0.1) is 4.90 Å². The fraction of sp³-hybridized carbons (Fsp3) is 0.286. The molecule has 1 saturated heterocycles. The van der Waals surface area contributed by atoms with Crippen LogP contribution in [0.1, 0.15) is 24.8 Å². The predicted molar refractivity (Wildman–Crippen MR) is 110 cm³/mol. The second kappa shape index (κ2) is 7.77. The van der Waals surface area contributed by atoms with Gasteiger partial charge in [0, 0.05) is 42.3 Å². The predicted octanol–water partition coefficient (Wildman–Crippen LogP) is 3.52. The fourth-order valence-electron chi connectivity index (χ4n) is 3.60. The number of fused-ring (bicyclic) bond motifs is 1. The van der Waals surface area contributed by atoms with E-state index < -0.39 is 10.0 Å². The Morgan fingerprint density at radius 1 is 1.04 bits per heavy atom. The van der Waals surface area contributed by atoms with Crippen molar-refractivity contribution in [2.24, 2.45) is 0 Å². The summed E-state index contributed by atoms with van der Waals surface area (Å²) in [5, 5.41) is 3.97. The van der Waals surface area contributed by atoms with Gasteiger partial charge in [0.1, 0.15) is 0 Å². The number of aromatic amines is 1. The van der Waals surface area contributed by atoms with Gasteiger partial charge in [-0.1, -0.05) is 18.2 Å². The van der Waals surface area contributed by atoms with Gasteiger partial charge >= 0.3 is 0 Å². The highest BCUT2D eigenvalue weighted by Gasteiger charge is 2.26. The third-order valence-corrected chi connectivity index (χ3v) is 7.05. The molecule has 7 heteroatoms. The van der Waals surface area contributed by atoms with Gasteiger partial charge in [-0.3, -0.25) is 4.79 Å². The van der Waals surface area contributed by atoms with Crippen LogP contribution >= 0.6 is 0 Å². The number of carbonyl (C=O) groups excluding carboxylic acids is 1. The standard InChI is InChI=1S/C21H23N3O3S/c25-21(12-7-16-15-22-20-6-2-1-5-19(16)20)23-17-8-10-18(11-9-17)28(26,27)24-13-3-4-14-24/h1-2,5-6,8-11,15,22H,3-4,7,12-14H2,(H,23,25). The van der Waals surface area contributed by atoms with E-state index in [4.69, 9.17) is 0 Å². The first-order chi connectivity index (χ1) is 13.5. The first-order valence-electron chi connectivity index (χ1n) is 9.49. The minimum absolute atomic E-state index is 0.0968. The number of nitrogens with one attached hydrogen (secondary N) is 2. The minimum atomic E-state index is -3.43. The molecular weight excluding hydrogens is 374 g/mol. The van der Waals surface area contributed by atoms with Crippen LogP contribution in [0.2, 0.25) is 0 Å². The van der Waals surface area contributed by atoms with Crippen molar-refractivity contribution in [2.75, 3.05) is 18.4 Å². The zero-order chi connectivity index (χ0) is 19.6. The van der Waals surface area contributed by atoms with E-state index >= 15 is 0 Å². The Balaban J connectivity index is 1.37. The normalized spacial score (nSPS) is 15.1. The van der Waals surface area contributed by atoms with Gasteiger partial charge in [-0.2, -0.15) is 4.31 Å². The number of carbonyl (C=O) groups is 1. The van der Waals surface area contributed by atoms with Gasteiger partial charge < -0.3 is 10.3 Å². The Bertz CT molecular complexity index is 1080. The first-order valence-corrected chi connectivity index (χ1v) is 10.9. The molecule has 2 heterocycles. The number of nitrogens with zero attached hydrogens (tertiary/aromatic N) is 1. The van der Waals surface area contributed by atoms with Crippen molar-refractivity contribution < 1.29 is 13.2 Å². The molecule has 4 rings (SSSR count). The van der Waals surface area contributed by atoms with Gasteiger partial charge in [-0.15, -0.1) is 0 Å². The van der Waals surface area contributed by atoms with E-state index in [2.05, 4.69) is 10.3 Å². The highest BCUT2D eigenvalue weighted by atomic mass is 32.2. The van der Waals surface area contributed by atoms with Gasteiger partial charge in [0.2, 0.25) is 15.9 Å². The van der Waals surface area contributed by atoms with Crippen LogP contribution in [0.25, 0.3) is 10.9 Å². The molecule has 1 fully saturated rings. The first kappa shape index (κ1) is 18.7. The number of rotatable bonds is 6. The molecule has 0 unspecified atom stereocenters. The Labute approximate surface area is 164 Å². The number of amides is 1. The Hall–Kier alpha value is -2.64. The molecule has 1 aromatic heterocycles. The molecule has 2 N–H and O–H groups in total. The largest absolute Gasteiger partial charge is 0.361 e. The Morgan fingerprint density at radius 2 is 1.75 bits per heavy atom. The molecule has 2 aromatic carbocycles. The van der Waals surface area contributed by atoms with Crippen LogP contribution in [-0.2, 0) is 21.2 Å². The average Bonchev–Trinajstić information content (AvgIpc) is 3.37. The van der Waals surface area contributed by atoms with Crippen LogP contribution in [0.3, 0.4) is 0 Å². The van der Waals surface area contributed by atoms with E-state index in [1.807, 2.05) is 30.5 Å². The molecule has 0 saturated carbocycles. The van der Waals surface area contributed by atoms with Crippen molar-refractivity contribution in [3.63, 3.8) is 0 Å². The summed E-state index contributed by atoms with van der Waals surface area (Å²) < 4.78 is 26.6. The monoisotopic (exact) mass is 397 g/mol. The number of benzene rings is 2. The van der Waals surface area contributed by atoms with Crippen LogP contribution < -0.4 is 5.32 Å².